The quantitative estimate of drug-likeness (QED) is 0.156. The average molecular weight is 423 g/mol. The predicted octanol–water partition coefficient (Wildman–Crippen LogP) is 5.19. The largest absolute Gasteiger partial charge is 0.469 e. The lowest BCUT2D eigenvalue weighted by Crippen LogP contribution is -2.28. The van der Waals surface area contributed by atoms with Crippen LogP contribution in [0.3, 0.4) is 0 Å². The highest BCUT2D eigenvalue weighted by Gasteiger charge is 2.29. The van der Waals surface area contributed by atoms with E-state index in [-0.39, 0.29) is 12.5 Å². The number of rotatable bonds is 13. The van der Waals surface area contributed by atoms with Gasteiger partial charge in [0, 0.05) is 13.0 Å². The van der Waals surface area contributed by atoms with Gasteiger partial charge in [-0.1, -0.05) is 44.9 Å². The Morgan fingerprint density at radius 1 is 0.690 bits per heavy atom. The van der Waals surface area contributed by atoms with Crippen LogP contribution in [0.5, 0.6) is 0 Å². The van der Waals surface area contributed by atoms with Crippen molar-refractivity contribution >= 4 is 11.9 Å². The molecule has 0 aromatic heterocycles. The van der Waals surface area contributed by atoms with E-state index in [0.29, 0.717) is 12.8 Å². The Hall–Kier alpha value is -2.19. The maximum Gasteiger partial charge on any atom is 0.305 e. The standard InChI is InChI=1S/C20H26F5NO3/c1-29-13(27)11-9-7-5-3-2-4-6-8-10-12-26-20(28)14-15(21)17(23)19(25)18(24)16(14)22/h2-12H2,1H3,(H,26,28). The summed E-state index contributed by atoms with van der Waals surface area (Å²) in [5, 5.41) is 2.18. The van der Waals surface area contributed by atoms with E-state index in [2.05, 4.69) is 10.1 Å². The number of halogens is 5. The molecule has 0 fully saturated rings. The van der Waals surface area contributed by atoms with E-state index in [1.807, 2.05) is 0 Å². The van der Waals surface area contributed by atoms with Gasteiger partial charge in [0.15, 0.2) is 23.3 Å². The Bertz CT molecular complexity index is 668. The smallest absolute Gasteiger partial charge is 0.305 e. The fourth-order valence-electron chi connectivity index (χ4n) is 2.83. The molecule has 0 unspecified atom stereocenters. The Morgan fingerprint density at radius 3 is 1.59 bits per heavy atom. The van der Waals surface area contributed by atoms with Gasteiger partial charge in [0.1, 0.15) is 5.56 Å². The summed E-state index contributed by atoms with van der Waals surface area (Å²) in [5.74, 6) is -12.4. The van der Waals surface area contributed by atoms with Crippen molar-refractivity contribution in [1.82, 2.24) is 5.32 Å². The number of nitrogens with one attached hydrogen (secondary N) is 1. The van der Waals surface area contributed by atoms with Crippen molar-refractivity contribution in [1.29, 1.82) is 0 Å². The monoisotopic (exact) mass is 423 g/mol. The number of amides is 1. The molecule has 0 spiro atoms. The maximum atomic E-state index is 13.5. The minimum atomic E-state index is -2.29. The molecular weight excluding hydrogens is 397 g/mol. The van der Waals surface area contributed by atoms with E-state index in [9.17, 15) is 31.5 Å². The Morgan fingerprint density at radius 2 is 1.10 bits per heavy atom. The molecular formula is C20H26F5NO3. The maximum absolute atomic E-state index is 13.5. The summed E-state index contributed by atoms with van der Waals surface area (Å²) in [7, 11) is 1.37. The van der Waals surface area contributed by atoms with E-state index in [0.717, 1.165) is 51.4 Å². The summed E-state index contributed by atoms with van der Waals surface area (Å²) in [4.78, 5) is 22.7. The van der Waals surface area contributed by atoms with Crippen molar-refractivity contribution in [3.8, 4) is 0 Å². The first-order chi connectivity index (χ1) is 13.8. The number of carbonyl (C=O) groups excluding carboxylic acids is 2. The molecule has 0 aliphatic rings. The van der Waals surface area contributed by atoms with Crippen molar-refractivity contribution < 1.29 is 36.3 Å². The van der Waals surface area contributed by atoms with Crippen LogP contribution in [0.25, 0.3) is 0 Å². The average Bonchev–Trinajstić information content (AvgIpc) is 2.71. The van der Waals surface area contributed by atoms with Crippen LogP contribution in [-0.2, 0) is 9.53 Å². The molecule has 0 saturated carbocycles. The summed E-state index contributed by atoms with van der Waals surface area (Å²) >= 11 is 0. The fourth-order valence-corrected chi connectivity index (χ4v) is 2.83. The van der Waals surface area contributed by atoms with Crippen LogP contribution in [0.2, 0.25) is 0 Å². The van der Waals surface area contributed by atoms with Crippen LogP contribution < -0.4 is 5.32 Å². The lowest BCUT2D eigenvalue weighted by atomic mass is 10.1. The van der Waals surface area contributed by atoms with Crippen LogP contribution in [0.1, 0.15) is 74.6 Å². The van der Waals surface area contributed by atoms with E-state index in [1.165, 1.54) is 7.11 Å². The first-order valence-corrected chi connectivity index (χ1v) is 9.67. The fraction of sp³-hybridized carbons (Fsp3) is 0.600. The Balaban J connectivity index is 2.16. The lowest BCUT2D eigenvalue weighted by Gasteiger charge is -2.09. The molecule has 0 radical (unpaired) electrons. The van der Waals surface area contributed by atoms with Crippen LogP contribution >= 0.6 is 0 Å². The molecule has 0 saturated heterocycles. The number of hydrogen-bond acceptors (Lipinski definition) is 3. The molecule has 1 aromatic carbocycles. The van der Waals surface area contributed by atoms with E-state index < -0.39 is 40.6 Å². The molecule has 0 heterocycles. The second-order valence-corrected chi connectivity index (χ2v) is 6.71. The normalized spacial score (nSPS) is 10.8. The third-order valence-electron chi connectivity index (χ3n) is 4.51. The first-order valence-electron chi connectivity index (χ1n) is 9.67. The van der Waals surface area contributed by atoms with Gasteiger partial charge in [0.25, 0.3) is 5.91 Å². The number of ether oxygens (including phenoxy) is 1. The molecule has 1 rings (SSSR count). The molecule has 1 amide bonds. The van der Waals surface area contributed by atoms with Gasteiger partial charge in [-0.15, -0.1) is 0 Å². The van der Waals surface area contributed by atoms with Gasteiger partial charge in [-0.3, -0.25) is 9.59 Å². The van der Waals surface area contributed by atoms with Gasteiger partial charge in [0.05, 0.1) is 7.11 Å². The summed E-state index contributed by atoms with van der Waals surface area (Å²) < 4.78 is 70.8. The summed E-state index contributed by atoms with van der Waals surface area (Å²) in [6, 6.07) is 0. The summed E-state index contributed by atoms with van der Waals surface area (Å²) in [5.41, 5.74) is -1.46. The Labute approximate surface area is 166 Å². The topological polar surface area (TPSA) is 55.4 Å². The molecule has 0 atom stereocenters. The summed E-state index contributed by atoms with van der Waals surface area (Å²) in [6.07, 6.45) is 8.53. The van der Waals surface area contributed by atoms with Gasteiger partial charge in [-0.2, -0.15) is 0 Å². The number of methoxy groups -OCH3 is 1. The Kier molecular flexibility index (Phi) is 11.2. The molecule has 4 nitrogen and oxygen atoms in total. The van der Waals surface area contributed by atoms with Gasteiger partial charge < -0.3 is 10.1 Å². The van der Waals surface area contributed by atoms with Crippen molar-refractivity contribution in [2.24, 2.45) is 0 Å². The number of unbranched alkanes of at least 4 members (excludes halogenated alkanes) is 8. The predicted molar refractivity (Wildman–Crippen MR) is 96.8 cm³/mol. The summed E-state index contributed by atoms with van der Waals surface area (Å²) in [6.45, 7) is 0.0753. The van der Waals surface area contributed by atoms with Gasteiger partial charge in [-0.05, 0) is 12.8 Å². The zero-order valence-corrected chi connectivity index (χ0v) is 16.4. The zero-order valence-electron chi connectivity index (χ0n) is 16.4. The molecule has 0 aliphatic heterocycles. The number of hydrogen-bond donors (Lipinski definition) is 1. The lowest BCUT2D eigenvalue weighted by molar-refractivity contribution is -0.140. The van der Waals surface area contributed by atoms with Crippen LogP contribution in [0, 0.1) is 29.1 Å². The second-order valence-electron chi connectivity index (χ2n) is 6.71. The highest BCUT2D eigenvalue weighted by atomic mass is 19.2. The van der Waals surface area contributed by atoms with E-state index in [4.69, 9.17) is 0 Å². The van der Waals surface area contributed by atoms with Crippen molar-refractivity contribution in [2.75, 3.05) is 13.7 Å². The first kappa shape index (κ1) is 24.8. The molecule has 1 N–H and O–H groups in total. The molecule has 9 heteroatoms. The zero-order chi connectivity index (χ0) is 21.8. The minimum absolute atomic E-state index is 0.0753. The molecule has 0 bridgehead atoms. The van der Waals surface area contributed by atoms with Gasteiger partial charge in [-0.25, -0.2) is 22.0 Å². The van der Waals surface area contributed by atoms with E-state index in [1.54, 1.807) is 0 Å². The minimum Gasteiger partial charge on any atom is -0.469 e. The highest BCUT2D eigenvalue weighted by Crippen LogP contribution is 2.22. The molecule has 164 valence electrons. The van der Waals surface area contributed by atoms with Crippen LogP contribution in [0.15, 0.2) is 0 Å². The highest BCUT2D eigenvalue weighted by molar-refractivity contribution is 5.94. The molecule has 0 aliphatic carbocycles. The van der Waals surface area contributed by atoms with Crippen LogP contribution in [-0.4, -0.2) is 25.5 Å². The van der Waals surface area contributed by atoms with Crippen molar-refractivity contribution in [3.63, 3.8) is 0 Å². The van der Waals surface area contributed by atoms with Crippen LogP contribution in [0.4, 0.5) is 22.0 Å². The van der Waals surface area contributed by atoms with E-state index >= 15 is 0 Å². The molecule has 29 heavy (non-hydrogen) atoms. The van der Waals surface area contributed by atoms with Crippen molar-refractivity contribution in [2.45, 2.75) is 64.2 Å². The SMILES string of the molecule is COC(=O)CCCCCCCCCCCNC(=O)c1c(F)c(F)c(F)c(F)c1F. The van der Waals surface area contributed by atoms with Crippen molar-refractivity contribution in [3.05, 3.63) is 34.6 Å². The second kappa shape index (κ2) is 13.1. The molecule has 1 aromatic rings. The third kappa shape index (κ3) is 7.98. The number of benzene rings is 1. The number of carbonyl (C=O) groups is 2. The third-order valence-corrected chi connectivity index (χ3v) is 4.51. The van der Waals surface area contributed by atoms with Gasteiger partial charge >= 0.3 is 5.97 Å². The number of esters is 1. The van der Waals surface area contributed by atoms with Gasteiger partial charge in [0.2, 0.25) is 5.82 Å².